The number of hydrogen-bond donors (Lipinski definition) is 0. The number of carbonyl (C=O) groups excluding carboxylic acids is 3. The molecular weight excluding hydrogens is 719 g/mol. The first kappa shape index (κ1) is 51.1. The number of carboxylic acid groups (broad SMARTS) is 3. The maximum atomic E-state index is 10.2. The summed E-state index contributed by atoms with van der Waals surface area (Å²) in [7, 11) is 0. The molecule has 0 saturated heterocycles. The molecule has 0 bridgehead atoms. The first-order chi connectivity index (χ1) is 21.0. The number of hydrogen-bond acceptors (Lipinski definition) is 9. The van der Waals surface area contributed by atoms with Gasteiger partial charge >= 0.3 is 46.7 Å². The third kappa shape index (κ3) is 49.1. The first-order valence-electron chi connectivity index (χ1n) is 17.0. The molecule has 0 aromatic carbocycles. The molecule has 0 radical (unpaired) electrons. The number of aliphatic carboxylic acids is 3. The van der Waals surface area contributed by atoms with Crippen molar-refractivity contribution in [1.82, 2.24) is 0 Å². The number of rotatable bonds is 26. The SMILES string of the molecule is CCCCC(CC)CSCC(=O)[O-].CCCCC(CC)CSCC(=O)[O-].CCCCC(CC)CSCC(=O)[O-].CCC[CH2][Sn+3]. The standard InChI is InChI=1S/3C10H20O2S.C4H9.Sn/c3*1-3-5-6-9(4-2)7-13-8-10(11)12;1-3-4-2;/h3*9H,3-8H2,1-2H3,(H,11,12);1,3-4H2,2H3;/q;;;;+3/p-3. The van der Waals surface area contributed by atoms with Crippen LogP contribution in [0, 0.1) is 17.8 Å². The maximum absolute atomic E-state index is 10.2. The van der Waals surface area contributed by atoms with Gasteiger partial charge in [0, 0.05) is 17.3 Å². The van der Waals surface area contributed by atoms with Crippen molar-refractivity contribution in [1.29, 1.82) is 0 Å². The van der Waals surface area contributed by atoms with Gasteiger partial charge in [-0.05, 0) is 54.3 Å². The summed E-state index contributed by atoms with van der Waals surface area (Å²) < 4.78 is 1.43. The van der Waals surface area contributed by atoms with Gasteiger partial charge in [-0.25, -0.2) is 0 Å². The van der Waals surface area contributed by atoms with Crippen molar-refractivity contribution in [3.05, 3.63) is 0 Å². The van der Waals surface area contributed by atoms with Gasteiger partial charge in [0.05, 0.1) is 17.9 Å². The van der Waals surface area contributed by atoms with E-state index in [1.807, 2.05) is 0 Å². The van der Waals surface area contributed by atoms with Gasteiger partial charge in [0.25, 0.3) is 0 Å². The van der Waals surface area contributed by atoms with Gasteiger partial charge in [-0.2, -0.15) is 35.3 Å². The van der Waals surface area contributed by atoms with Crippen molar-refractivity contribution in [2.75, 3.05) is 34.5 Å². The average molecular weight is 786 g/mol. The third-order valence-electron chi connectivity index (χ3n) is 6.88. The fourth-order valence-corrected chi connectivity index (χ4v) is 7.87. The van der Waals surface area contributed by atoms with Gasteiger partial charge in [0.1, 0.15) is 0 Å². The Morgan fingerprint density at radius 2 is 0.750 bits per heavy atom. The third-order valence-corrected chi connectivity index (χ3v) is 11.3. The molecule has 10 heteroatoms. The van der Waals surface area contributed by atoms with Crippen molar-refractivity contribution >= 4 is 75.7 Å². The van der Waals surface area contributed by atoms with Crippen LogP contribution in [-0.2, 0) is 14.4 Å². The Labute approximate surface area is 298 Å². The molecule has 0 aromatic heterocycles. The van der Waals surface area contributed by atoms with Gasteiger partial charge in [0.15, 0.2) is 0 Å². The van der Waals surface area contributed by atoms with Crippen molar-refractivity contribution in [3.8, 4) is 0 Å². The number of unbranched alkanes of at least 4 members (excludes halogenated alkanes) is 4. The Kier molecular flexibility index (Phi) is 50.2. The molecule has 0 aromatic rings. The van der Waals surface area contributed by atoms with E-state index in [1.165, 1.54) is 110 Å². The molecule has 260 valence electrons. The van der Waals surface area contributed by atoms with Crippen LogP contribution in [-0.4, -0.2) is 74.9 Å². The topological polar surface area (TPSA) is 120 Å². The van der Waals surface area contributed by atoms with Gasteiger partial charge < -0.3 is 29.7 Å². The monoisotopic (exact) mass is 786 g/mol. The van der Waals surface area contributed by atoms with E-state index in [9.17, 15) is 29.7 Å². The zero-order valence-corrected chi connectivity index (χ0v) is 34.6. The fourth-order valence-electron chi connectivity index (χ4n) is 3.80. The second-order valence-electron chi connectivity index (χ2n) is 11.0. The molecule has 0 rings (SSSR count). The summed E-state index contributed by atoms with van der Waals surface area (Å²) in [6.07, 6.45) is 17.4. The Balaban J connectivity index is -0.000000253. The molecule has 0 fully saturated rings. The fraction of sp³-hybridized carbons (Fsp3) is 0.912. The Morgan fingerprint density at radius 3 is 0.886 bits per heavy atom. The van der Waals surface area contributed by atoms with E-state index in [0.717, 1.165) is 36.5 Å². The predicted molar refractivity (Wildman–Crippen MR) is 192 cm³/mol. The van der Waals surface area contributed by atoms with E-state index in [1.54, 1.807) is 22.5 Å². The van der Waals surface area contributed by atoms with E-state index >= 15 is 0 Å². The Hall–Kier alpha value is 0.259. The summed E-state index contributed by atoms with van der Waals surface area (Å²) in [4.78, 5) is 30.5. The molecule has 0 amide bonds. The van der Waals surface area contributed by atoms with Gasteiger partial charge in [-0.1, -0.05) is 99.3 Å². The summed E-state index contributed by atoms with van der Waals surface area (Å²) in [6, 6.07) is 0. The van der Waals surface area contributed by atoms with Crippen LogP contribution in [0.2, 0.25) is 4.44 Å². The molecule has 0 saturated carbocycles. The molecule has 44 heavy (non-hydrogen) atoms. The van der Waals surface area contributed by atoms with Crippen LogP contribution in [0.5, 0.6) is 0 Å². The molecule has 0 aliphatic rings. The van der Waals surface area contributed by atoms with Crippen LogP contribution in [0.3, 0.4) is 0 Å². The van der Waals surface area contributed by atoms with Crippen molar-refractivity contribution in [2.45, 2.75) is 143 Å². The van der Waals surface area contributed by atoms with E-state index in [-0.39, 0.29) is 17.3 Å². The van der Waals surface area contributed by atoms with Gasteiger partial charge in [-0.15, -0.1) is 0 Å². The van der Waals surface area contributed by atoms with E-state index < -0.39 is 17.9 Å². The Bertz CT molecular complexity index is 535. The zero-order chi connectivity index (χ0) is 34.4. The molecule has 0 N–H and O–H groups in total. The second-order valence-corrected chi connectivity index (χ2v) is 15.5. The molecular formula is C34H66O6S3Sn. The summed E-state index contributed by atoms with van der Waals surface area (Å²) >= 11 is 6.13. The van der Waals surface area contributed by atoms with Crippen LogP contribution in [0.25, 0.3) is 0 Å². The summed E-state index contributed by atoms with van der Waals surface area (Å²) in [6.45, 7) is 15.3. The average Bonchev–Trinajstić information content (AvgIpc) is 2.99. The van der Waals surface area contributed by atoms with Crippen molar-refractivity contribution in [3.63, 3.8) is 0 Å². The summed E-state index contributed by atoms with van der Waals surface area (Å²) in [5.74, 6) is 2.52. The minimum atomic E-state index is -0.949. The Morgan fingerprint density at radius 1 is 0.500 bits per heavy atom. The van der Waals surface area contributed by atoms with Crippen LogP contribution in [0.1, 0.15) is 138 Å². The molecule has 0 spiro atoms. The first-order valence-corrected chi connectivity index (χ1v) is 22.5. The molecule has 0 heterocycles. The molecule has 6 nitrogen and oxygen atoms in total. The van der Waals surface area contributed by atoms with Crippen LogP contribution < -0.4 is 15.3 Å². The van der Waals surface area contributed by atoms with E-state index in [0.29, 0.717) is 17.8 Å². The van der Waals surface area contributed by atoms with Crippen molar-refractivity contribution < 1.29 is 29.7 Å². The quantitative estimate of drug-likeness (QED) is 0.0915. The van der Waals surface area contributed by atoms with E-state index in [2.05, 4.69) is 48.5 Å². The molecule has 0 aliphatic heterocycles. The number of carboxylic acids is 3. The summed E-state index contributed by atoms with van der Waals surface area (Å²) in [5.41, 5.74) is 0. The predicted octanol–water partition coefficient (Wildman–Crippen LogP) is 6.43. The normalized spacial score (nSPS) is 12.3. The zero-order valence-electron chi connectivity index (χ0n) is 29.3. The van der Waals surface area contributed by atoms with Crippen LogP contribution in [0.4, 0.5) is 0 Å². The minimum absolute atomic E-state index is 0.141. The molecule has 0 aliphatic carbocycles. The van der Waals surface area contributed by atoms with E-state index in [4.69, 9.17) is 0 Å². The van der Waals surface area contributed by atoms with Gasteiger partial charge in [-0.3, -0.25) is 0 Å². The number of thioether (sulfide) groups is 3. The summed E-state index contributed by atoms with van der Waals surface area (Å²) in [5, 5.41) is 30.5. The van der Waals surface area contributed by atoms with Crippen molar-refractivity contribution in [2.24, 2.45) is 17.8 Å². The number of carbonyl (C=O) groups is 3. The molecule has 3 unspecified atom stereocenters. The van der Waals surface area contributed by atoms with Crippen LogP contribution >= 0.6 is 35.3 Å². The second kappa shape index (κ2) is 43.3. The van der Waals surface area contributed by atoms with Crippen LogP contribution in [0.15, 0.2) is 0 Å². The van der Waals surface area contributed by atoms with Gasteiger partial charge in [0.2, 0.25) is 0 Å². The molecule has 3 atom stereocenters.